The van der Waals surface area contributed by atoms with Crippen molar-refractivity contribution in [1.29, 1.82) is 0 Å². The summed E-state index contributed by atoms with van der Waals surface area (Å²) in [6, 6.07) is 4.96. The average molecular weight is 319 g/mol. The minimum absolute atomic E-state index is 0.0196. The number of benzene rings is 1. The third-order valence-electron chi connectivity index (χ3n) is 4.68. The number of nitrogens with zero attached hydrogens (tertiary/aromatic N) is 3. The highest BCUT2D eigenvalue weighted by molar-refractivity contribution is 5.54. The van der Waals surface area contributed by atoms with Gasteiger partial charge in [0.1, 0.15) is 5.82 Å². The predicted octanol–water partition coefficient (Wildman–Crippen LogP) is 2.95. The fourth-order valence-corrected chi connectivity index (χ4v) is 2.93. The zero-order valence-corrected chi connectivity index (χ0v) is 13.5. The summed E-state index contributed by atoms with van der Waals surface area (Å²) in [5, 5.41) is 13.2. The van der Waals surface area contributed by atoms with Crippen LogP contribution in [-0.2, 0) is 0 Å². The molecule has 0 spiro atoms. The molecule has 5 nitrogen and oxygen atoms in total. The Morgan fingerprint density at radius 3 is 2.78 bits per heavy atom. The first-order chi connectivity index (χ1) is 11.1. The standard InChI is InChI=1S/C17H22FN3O2/c1-11-3-4-14(9-15(11)18)16-19-17(23-20-16)12(2)21-7-5-13(10-22)6-8-21/h3-4,9,12-13,22H,5-8,10H2,1-2H3. The van der Waals surface area contributed by atoms with E-state index in [0.717, 1.165) is 25.9 Å². The number of aryl methyl sites for hydroxylation is 1. The highest BCUT2D eigenvalue weighted by Crippen LogP contribution is 2.27. The van der Waals surface area contributed by atoms with Gasteiger partial charge in [0.15, 0.2) is 0 Å². The van der Waals surface area contributed by atoms with Crippen molar-refractivity contribution in [2.24, 2.45) is 5.92 Å². The molecule has 1 unspecified atom stereocenters. The monoisotopic (exact) mass is 319 g/mol. The maximum atomic E-state index is 13.7. The summed E-state index contributed by atoms with van der Waals surface area (Å²) in [4.78, 5) is 6.71. The first-order valence-electron chi connectivity index (χ1n) is 8.03. The molecule has 23 heavy (non-hydrogen) atoms. The largest absolute Gasteiger partial charge is 0.396 e. The Morgan fingerprint density at radius 1 is 1.39 bits per heavy atom. The number of halogens is 1. The van der Waals surface area contributed by atoms with E-state index in [-0.39, 0.29) is 18.5 Å². The summed E-state index contributed by atoms with van der Waals surface area (Å²) < 4.78 is 19.1. The molecule has 2 aromatic rings. The summed E-state index contributed by atoms with van der Waals surface area (Å²) in [5.74, 6) is 1.08. The van der Waals surface area contributed by atoms with Crippen molar-refractivity contribution < 1.29 is 14.0 Å². The summed E-state index contributed by atoms with van der Waals surface area (Å²) in [6.45, 7) is 5.82. The number of aliphatic hydroxyl groups is 1. The van der Waals surface area contributed by atoms with Crippen LogP contribution in [0, 0.1) is 18.7 Å². The minimum atomic E-state index is -0.270. The van der Waals surface area contributed by atoms with E-state index in [2.05, 4.69) is 15.0 Å². The molecule has 0 radical (unpaired) electrons. The van der Waals surface area contributed by atoms with E-state index in [1.54, 1.807) is 19.1 Å². The fourth-order valence-electron chi connectivity index (χ4n) is 2.93. The van der Waals surface area contributed by atoms with Gasteiger partial charge < -0.3 is 9.63 Å². The van der Waals surface area contributed by atoms with Gasteiger partial charge in [-0.3, -0.25) is 4.90 Å². The van der Waals surface area contributed by atoms with Gasteiger partial charge in [-0.15, -0.1) is 0 Å². The molecule has 1 aromatic carbocycles. The van der Waals surface area contributed by atoms with E-state index in [9.17, 15) is 9.50 Å². The molecule has 1 aliphatic heterocycles. The number of piperidine rings is 1. The quantitative estimate of drug-likeness (QED) is 0.939. The molecule has 124 valence electrons. The average Bonchev–Trinajstić information content (AvgIpc) is 3.07. The second-order valence-corrected chi connectivity index (χ2v) is 6.26. The summed E-state index contributed by atoms with van der Waals surface area (Å²) in [6.07, 6.45) is 1.95. The molecule has 3 rings (SSSR count). The minimum Gasteiger partial charge on any atom is -0.396 e. The van der Waals surface area contributed by atoms with Crippen molar-refractivity contribution in [3.05, 3.63) is 35.5 Å². The zero-order valence-electron chi connectivity index (χ0n) is 13.5. The lowest BCUT2D eigenvalue weighted by Gasteiger charge is -2.33. The molecule has 2 heterocycles. The fraction of sp³-hybridized carbons (Fsp3) is 0.529. The van der Waals surface area contributed by atoms with Gasteiger partial charge in [-0.05, 0) is 57.3 Å². The van der Waals surface area contributed by atoms with Crippen LogP contribution in [0.25, 0.3) is 11.4 Å². The van der Waals surface area contributed by atoms with Crippen LogP contribution >= 0.6 is 0 Å². The highest BCUT2D eigenvalue weighted by Gasteiger charge is 2.26. The topological polar surface area (TPSA) is 62.4 Å². The van der Waals surface area contributed by atoms with Crippen molar-refractivity contribution in [2.45, 2.75) is 32.7 Å². The number of aromatic nitrogens is 2. The van der Waals surface area contributed by atoms with Gasteiger partial charge in [-0.2, -0.15) is 4.98 Å². The lowest BCUT2D eigenvalue weighted by atomic mass is 9.97. The van der Waals surface area contributed by atoms with Gasteiger partial charge in [-0.25, -0.2) is 4.39 Å². The van der Waals surface area contributed by atoms with E-state index < -0.39 is 0 Å². The number of hydrogen-bond donors (Lipinski definition) is 1. The van der Waals surface area contributed by atoms with E-state index >= 15 is 0 Å². The number of rotatable bonds is 4. The van der Waals surface area contributed by atoms with E-state index in [0.29, 0.717) is 28.8 Å². The van der Waals surface area contributed by atoms with Gasteiger partial charge in [0, 0.05) is 12.2 Å². The second kappa shape index (κ2) is 6.76. The predicted molar refractivity (Wildman–Crippen MR) is 84.2 cm³/mol. The van der Waals surface area contributed by atoms with Gasteiger partial charge in [-0.1, -0.05) is 17.3 Å². The Kier molecular flexibility index (Phi) is 4.73. The number of aliphatic hydroxyl groups excluding tert-OH is 1. The maximum Gasteiger partial charge on any atom is 0.244 e. The zero-order chi connectivity index (χ0) is 16.4. The maximum absolute atomic E-state index is 13.7. The molecule has 1 saturated heterocycles. The van der Waals surface area contributed by atoms with Gasteiger partial charge in [0.2, 0.25) is 11.7 Å². The Hall–Kier alpha value is -1.79. The third-order valence-corrected chi connectivity index (χ3v) is 4.68. The molecular formula is C17H22FN3O2. The highest BCUT2D eigenvalue weighted by atomic mass is 19.1. The molecule has 0 bridgehead atoms. The Balaban J connectivity index is 1.72. The lowest BCUT2D eigenvalue weighted by molar-refractivity contribution is 0.0929. The first-order valence-corrected chi connectivity index (χ1v) is 8.03. The van der Waals surface area contributed by atoms with Gasteiger partial charge in [0.25, 0.3) is 0 Å². The van der Waals surface area contributed by atoms with Crippen LogP contribution in [0.15, 0.2) is 22.7 Å². The SMILES string of the molecule is Cc1ccc(-c2noc(C(C)N3CCC(CO)CC3)n2)cc1F. The van der Waals surface area contributed by atoms with E-state index in [4.69, 9.17) is 4.52 Å². The van der Waals surface area contributed by atoms with Crippen LogP contribution in [0.2, 0.25) is 0 Å². The Morgan fingerprint density at radius 2 is 2.13 bits per heavy atom. The van der Waals surface area contributed by atoms with Crippen LogP contribution < -0.4 is 0 Å². The van der Waals surface area contributed by atoms with E-state index in [1.807, 2.05) is 6.92 Å². The smallest absolute Gasteiger partial charge is 0.244 e. The van der Waals surface area contributed by atoms with Crippen LogP contribution in [0.4, 0.5) is 4.39 Å². The third kappa shape index (κ3) is 3.43. The van der Waals surface area contributed by atoms with Crippen molar-refractivity contribution in [1.82, 2.24) is 15.0 Å². The molecule has 1 aliphatic rings. The normalized spacial score (nSPS) is 18.3. The number of likely N-dealkylation sites (tertiary alicyclic amines) is 1. The van der Waals surface area contributed by atoms with Crippen molar-refractivity contribution in [2.75, 3.05) is 19.7 Å². The van der Waals surface area contributed by atoms with Crippen LogP contribution in [-0.4, -0.2) is 39.8 Å². The Labute approximate surface area is 135 Å². The number of hydrogen-bond acceptors (Lipinski definition) is 5. The van der Waals surface area contributed by atoms with E-state index in [1.165, 1.54) is 6.07 Å². The molecule has 1 atom stereocenters. The summed E-state index contributed by atoms with van der Waals surface area (Å²) in [5.41, 5.74) is 1.21. The molecular weight excluding hydrogens is 297 g/mol. The summed E-state index contributed by atoms with van der Waals surface area (Å²) in [7, 11) is 0. The lowest BCUT2D eigenvalue weighted by Crippen LogP contribution is -2.36. The Bertz CT molecular complexity index is 666. The van der Waals surface area contributed by atoms with Crippen LogP contribution in [0.3, 0.4) is 0 Å². The second-order valence-electron chi connectivity index (χ2n) is 6.26. The van der Waals surface area contributed by atoms with Crippen molar-refractivity contribution in [3.63, 3.8) is 0 Å². The van der Waals surface area contributed by atoms with Crippen LogP contribution in [0.5, 0.6) is 0 Å². The van der Waals surface area contributed by atoms with Gasteiger partial charge in [0.05, 0.1) is 6.04 Å². The van der Waals surface area contributed by atoms with Crippen molar-refractivity contribution in [3.8, 4) is 11.4 Å². The molecule has 0 saturated carbocycles. The molecule has 0 aliphatic carbocycles. The molecule has 6 heteroatoms. The molecule has 1 fully saturated rings. The molecule has 0 amide bonds. The first kappa shape index (κ1) is 16.1. The van der Waals surface area contributed by atoms with Crippen molar-refractivity contribution >= 4 is 0 Å². The molecule has 1 aromatic heterocycles. The van der Waals surface area contributed by atoms with Crippen LogP contribution in [0.1, 0.15) is 37.3 Å². The molecule has 1 N–H and O–H groups in total. The summed E-state index contributed by atoms with van der Waals surface area (Å²) >= 11 is 0. The van der Waals surface area contributed by atoms with Gasteiger partial charge >= 0.3 is 0 Å².